The summed E-state index contributed by atoms with van der Waals surface area (Å²) in [7, 11) is 3.99. The zero-order chi connectivity index (χ0) is 13.4. The van der Waals surface area contributed by atoms with Crippen molar-refractivity contribution in [1.82, 2.24) is 9.97 Å². The van der Waals surface area contributed by atoms with Gasteiger partial charge in [-0.2, -0.15) is 0 Å². The standard InChI is InChI=1S/C15H21N3/c1-5-7-9-10-13-12-16-14(11-8-6-2)17-15(13)18(3)4/h5-10,12H,11H2,1-4H3/b7-5-,8-6+,10-9-. The number of aromatic nitrogens is 2. The molecule has 0 amide bonds. The van der Waals surface area contributed by atoms with Gasteiger partial charge in [-0.05, 0) is 19.9 Å². The highest BCUT2D eigenvalue weighted by Crippen LogP contribution is 2.16. The lowest BCUT2D eigenvalue weighted by Gasteiger charge is -2.14. The van der Waals surface area contributed by atoms with Crippen LogP contribution in [0.15, 0.2) is 36.6 Å². The molecule has 0 unspecified atom stereocenters. The van der Waals surface area contributed by atoms with Crippen molar-refractivity contribution in [1.29, 1.82) is 0 Å². The number of rotatable bonds is 5. The van der Waals surface area contributed by atoms with Gasteiger partial charge in [-0.1, -0.05) is 30.4 Å². The predicted octanol–water partition coefficient (Wildman–Crippen LogP) is 3.25. The fraction of sp³-hybridized carbons (Fsp3) is 0.333. The first-order chi connectivity index (χ1) is 8.69. The van der Waals surface area contributed by atoms with Gasteiger partial charge in [-0.15, -0.1) is 0 Å². The largest absolute Gasteiger partial charge is 0.362 e. The molecule has 0 aliphatic rings. The first-order valence-corrected chi connectivity index (χ1v) is 6.12. The minimum Gasteiger partial charge on any atom is -0.362 e. The SMILES string of the molecule is C/C=C\C=C/c1cnc(C/C=C/C)nc1N(C)C. The van der Waals surface area contributed by atoms with E-state index in [0.29, 0.717) is 0 Å². The molecular formula is C15H21N3. The minimum absolute atomic E-state index is 0.774. The van der Waals surface area contributed by atoms with E-state index in [2.05, 4.69) is 16.0 Å². The fourth-order valence-corrected chi connectivity index (χ4v) is 1.49. The number of hydrogen-bond acceptors (Lipinski definition) is 3. The summed E-state index contributed by atoms with van der Waals surface area (Å²) < 4.78 is 0. The molecule has 96 valence electrons. The Hall–Kier alpha value is -1.90. The molecule has 1 aromatic rings. The van der Waals surface area contributed by atoms with E-state index >= 15 is 0 Å². The van der Waals surface area contributed by atoms with Gasteiger partial charge in [0.1, 0.15) is 11.6 Å². The third kappa shape index (κ3) is 4.17. The predicted molar refractivity (Wildman–Crippen MR) is 78.7 cm³/mol. The maximum Gasteiger partial charge on any atom is 0.139 e. The van der Waals surface area contributed by atoms with Gasteiger partial charge in [0.2, 0.25) is 0 Å². The molecule has 3 heteroatoms. The second-order valence-corrected chi connectivity index (χ2v) is 4.12. The highest BCUT2D eigenvalue weighted by Gasteiger charge is 2.05. The Bertz CT molecular complexity index is 457. The summed E-state index contributed by atoms with van der Waals surface area (Å²) in [5, 5.41) is 0. The molecule has 0 aliphatic carbocycles. The topological polar surface area (TPSA) is 29.0 Å². The van der Waals surface area contributed by atoms with E-state index in [4.69, 9.17) is 0 Å². The first kappa shape index (κ1) is 14.2. The zero-order valence-electron chi connectivity index (χ0n) is 11.6. The van der Waals surface area contributed by atoms with E-state index in [-0.39, 0.29) is 0 Å². The van der Waals surface area contributed by atoms with Crippen LogP contribution in [-0.2, 0) is 6.42 Å². The summed E-state index contributed by atoms with van der Waals surface area (Å²) in [5.74, 6) is 1.80. The summed E-state index contributed by atoms with van der Waals surface area (Å²) in [4.78, 5) is 11.0. The number of hydrogen-bond donors (Lipinski definition) is 0. The van der Waals surface area contributed by atoms with Crippen LogP contribution in [-0.4, -0.2) is 24.1 Å². The smallest absolute Gasteiger partial charge is 0.139 e. The maximum absolute atomic E-state index is 4.58. The normalized spacial score (nSPS) is 12.0. The highest BCUT2D eigenvalue weighted by molar-refractivity contribution is 5.63. The summed E-state index contributed by atoms with van der Waals surface area (Å²) in [5.41, 5.74) is 1.03. The molecule has 0 fully saturated rings. The van der Waals surface area contributed by atoms with Crippen molar-refractivity contribution in [3.63, 3.8) is 0 Å². The molecule has 1 rings (SSSR count). The van der Waals surface area contributed by atoms with Crippen molar-refractivity contribution in [3.8, 4) is 0 Å². The Balaban J connectivity index is 3.04. The molecule has 0 spiro atoms. The van der Waals surface area contributed by atoms with E-state index in [1.807, 2.05) is 69.4 Å². The van der Waals surface area contributed by atoms with Gasteiger partial charge in [0.05, 0.1) is 0 Å². The number of allylic oxidation sites excluding steroid dienone is 5. The van der Waals surface area contributed by atoms with Crippen molar-refractivity contribution in [3.05, 3.63) is 48.0 Å². The molecule has 3 nitrogen and oxygen atoms in total. The molecule has 0 bridgehead atoms. The second-order valence-electron chi connectivity index (χ2n) is 4.12. The summed E-state index contributed by atoms with van der Waals surface area (Å²) in [6.45, 7) is 3.99. The van der Waals surface area contributed by atoms with Crippen molar-refractivity contribution in [2.45, 2.75) is 20.3 Å². The third-order valence-electron chi connectivity index (χ3n) is 2.38. The van der Waals surface area contributed by atoms with Crippen LogP contribution in [0.25, 0.3) is 6.08 Å². The van der Waals surface area contributed by atoms with Crippen LogP contribution in [0.5, 0.6) is 0 Å². The Morgan fingerprint density at radius 1 is 1.17 bits per heavy atom. The Morgan fingerprint density at radius 3 is 2.56 bits per heavy atom. The zero-order valence-corrected chi connectivity index (χ0v) is 11.6. The van der Waals surface area contributed by atoms with Crippen LogP contribution in [0.2, 0.25) is 0 Å². The Morgan fingerprint density at radius 2 is 1.94 bits per heavy atom. The van der Waals surface area contributed by atoms with Gasteiger partial charge in [0.15, 0.2) is 0 Å². The van der Waals surface area contributed by atoms with Crippen molar-refractivity contribution in [2.24, 2.45) is 0 Å². The molecular weight excluding hydrogens is 222 g/mol. The molecule has 0 saturated carbocycles. The third-order valence-corrected chi connectivity index (χ3v) is 2.38. The van der Waals surface area contributed by atoms with Crippen LogP contribution in [0.1, 0.15) is 25.2 Å². The fourth-order valence-electron chi connectivity index (χ4n) is 1.49. The van der Waals surface area contributed by atoms with E-state index in [9.17, 15) is 0 Å². The van der Waals surface area contributed by atoms with E-state index < -0.39 is 0 Å². The van der Waals surface area contributed by atoms with Gasteiger partial charge in [0.25, 0.3) is 0 Å². The van der Waals surface area contributed by atoms with Crippen molar-refractivity contribution < 1.29 is 0 Å². The average Bonchev–Trinajstić information content (AvgIpc) is 2.37. The van der Waals surface area contributed by atoms with Gasteiger partial charge in [-0.3, -0.25) is 0 Å². The molecule has 0 N–H and O–H groups in total. The molecule has 18 heavy (non-hydrogen) atoms. The molecule has 0 aliphatic heterocycles. The van der Waals surface area contributed by atoms with Gasteiger partial charge in [0, 0.05) is 32.3 Å². The van der Waals surface area contributed by atoms with Gasteiger partial charge < -0.3 is 4.90 Å². The van der Waals surface area contributed by atoms with Crippen LogP contribution < -0.4 is 4.90 Å². The molecule has 1 aromatic heterocycles. The summed E-state index contributed by atoms with van der Waals surface area (Å²) >= 11 is 0. The first-order valence-electron chi connectivity index (χ1n) is 6.12. The lowest BCUT2D eigenvalue weighted by atomic mass is 10.2. The monoisotopic (exact) mass is 243 g/mol. The quantitative estimate of drug-likeness (QED) is 0.587. The molecule has 0 atom stereocenters. The van der Waals surface area contributed by atoms with E-state index in [0.717, 1.165) is 23.6 Å². The lowest BCUT2D eigenvalue weighted by molar-refractivity contribution is 0.946. The molecule has 1 heterocycles. The number of anilines is 1. The Kier molecular flexibility index (Phi) is 5.85. The minimum atomic E-state index is 0.774. The summed E-state index contributed by atoms with van der Waals surface area (Å²) in [6, 6.07) is 0. The molecule has 0 aromatic carbocycles. The highest BCUT2D eigenvalue weighted by atomic mass is 15.1. The van der Waals surface area contributed by atoms with Crippen LogP contribution >= 0.6 is 0 Å². The summed E-state index contributed by atoms with van der Waals surface area (Å²) in [6.07, 6.45) is 14.7. The van der Waals surface area contributed by atoms with Crippen LogP contribution in [0.4, 0.5) is 5.82 Å². The molecule has 0 saturated heterocycles. The van der Waals surface area contributed by atoms with Gasteiger partial charge >= 0.3 is 0 Å². The van der Waals surface area contributed by atoms with Gasteiger partial charge in [-0.25, -0.2) is 9.97 Å². The second kappa shape index (κ2) is 7.43. The number of nitrogens with zero attached hydrogens (tertiary/aromatic N) is 3. The average molecular weight is 243 g/mol. The molecule has 0 radical (unpaired) electrons. The maximum atomic E-state index is 4.58. The van der Waals surface area contributed by atoms with Crippen molar-refractivity contribution in [2.75, 3.05) is 19.0 Å². The Labute approximate surface area is 110 Å². The van der Waals surface area contributed by atoms with Crippen LogP contribution in [0, 0.1) is 0 Å². The lowest BCUT2D eigenvalue weighted by Crippen LogP contribution is -2.14. The van der Waals surface area contributed by atoms with Crippen molar-refractivity contribution >= 4 is 11.9 Å². The van der Waals surface area contributed by atoms with E-state index in [1.54, 1.807) is 0 Å². The van der Waals surface area contributed by atoms with E-state index in [1.165, 1.54) is 0 Å². The van der Waals surface area contributed by atoms with Crippen LogP contribution in [0.3, 0.4) is 0 Å².